The number of benzene rings is 1. The van der Waals surface area contributed by atoms with Crippen molar-refractivity contribution in [3.8, 4) is 0 Å². The number of ether oxygens (including phenoxy) is 1. The van der Waals surface area contributed by atoms with Crippen LogP contribution in [0.4, 0.5) is 5.69 Å². The van der Waals surface area contributed by atoms with E-state index in [9.17, 15) is 9.90 Å². The van der Waals surface area contributed by atoms with Crippen LogP contribution in [0.5, 0.6) is 0 Å². The minimum absolute atomic E-state index is 0.124. The van der Waals surface area contributed by atoms with Gasteiger partial charge in [0.25, 0.3) is 0 Å². The largest absolute Gasteiger partial charge is 0.392 e. The molecule has 2 N–H and O–H groups in total. The van der Waals surface area contributed by atoms with Crippen LogP contribution in [0.1, 0.15) is 37.3 Å². The zero-order valence-electron chi connectivity index (χ0n) is 15.5. The molecule has 2 atom stereocenters. The molecule has 138 valence electrons. The molecule has 1 saturated carbocycles. The van der Waals surface area contributed by atoms with E-state index in [1.54, 1.807) is 0 Å². The lowest BCUT2D eigenvalue weighted by Gasteiger charge is -2.56. The van der Waals surface area contributed by atoms with E-state index in [1.807, 2.05) is 17.9 Å². The highest BCUT2D eigenvalue weighted by Gasteiger charge is 2.56. The Hall–Kier alpha value is -1.59. The topological polar surface area (TPSA) is 61.8 Å². The first-order chi connectivity index (χ1) is 12.0. The maximum absolute atomic E-state index is 12.6. The van der Waals surface area contributed by atoms with Gasteiger partial charge < -0.3 is 20.1 Å². The Balaban J connectivity index is 1.54. The van der Waals surface area contributed by atoms with E-state index in [-0.39, 0.29) is 23.5 Å². The molecule has 0 bridgehead atoms. The predicted molar refractivity (Wildman–Crippen MR) is 98.7 cm³/mol. The summed E-state index contributed by atoms with van der Waals surface area (Å²) >= 11 is 0. The number of aliphatic hydroxyl groups excluding tert-OH is 1. The summed E-state index contributed by atoms with van der Waals surface area (Å²) in [6.45, 7) is 8.50. The maximum Gasteiger partial charge on any atom is 0.241 e. The quantitative estimate of drug-likeness (QED) is 0.860. The molecular weight excluding hydrogens is 316 g/mol. The highest BCUT2D eigenvalue weighted by molar-refractivity contribution is 5.81. The van der Waals surface area contributed by atoms with Crippen molar-refractivity contribution in [2.24, 2.45) is 5.41 Å². The number of aryl methyl sites for hydroxylation is 2. The van der Waals surface area contributed by atoms with Crippen molar-refractivity contribution in [2.75, 3.05) is 31.6 Å². The van der Waals surface area contributed by atoms with Crippen molar-refractivity contribution in [3.63, 3.8) is 0 Å². The number of nitrogens with zero attached hydrogens (tertiary/aromatic N) is 1. The third kappa shape index (κ3) is 3.40. The van der Waals surface area contributed by atoms with Crippen LogP contribution in [0.25, 0.3) is 0 Å². The van der Waals surface area contributed by atoms with Crippen molar-refractivity contribution in [1.82, 2.24) is 4.90 Å². The molecule has 5 heteroatoms. The Bertz CT molecular complexity index is 601. The molecule has 1 aliphatic carbocycles. The minimum atomic E-state index is -0.283. The summed E-state index contributed by atoms with van der Waals surface area (Å²) in [7, 11) is 0. The molecule has 3 rings (SSSR count). The van der Waals surface area contributed by atoms with E-state index < -0.39 is 0 Å². The number of hydrogen-bond donors (Lipinski definition) is 2. The van der Waals surface area contributed by atoms with Crippen LogP contribution in [-0.4, -0.2) is 54.4 Å². The van der Waals surface area contributed by atoms with Crippen molar-refractivity contribution in [1.29, 1.82) is 0 Å². The smallest absolute Gasteiger partial charge is 0.241 e. The third-order valence-corrected chi connectivity index (χ3v) is 6.05. The molecule has 1 aromatic carbocycles. The number of aliphatic hydroxyl groups is 1. The predicted octanol–water partition coefficient (Wildman–Crippen LogP) is 2.49. The first-order valence-corrected chi connectivity index (χ1v) is 9.35. The van der Waals surface area contributed by atoms with Crippen LogP contribution < -0.4 is 5.32 Å². The molecule has 0 aromatic heterocycles. The summed E-state index contributed by atoms with van der Waals surface area (Å²) in [5.41, 5.74) is 3.23. The van der Waals surface area contributed by atoms with Gasteiger partial charge in [-0.05, 0) is 44.7 Å². The number of anilines is 1. The molecule has 0 radical (unpaired) electrons. The molecule has 1 aromatic rings. The van der Waals surface area contributed by atoms with E-state index in [2.05, 4.69) is 31.3 Å². The highest BCUT2D eigenvalue weighted by atomic mass is 16.5. The number of carbonyl (C=O) groups is 1. The summed E-state index contributed by atoms with van der Waals surface area (Å²) in [5, 5.41) is 13.6. The van der Waals surface area contributed by atoms with E-state index in [0.29, 0.717) is 26.2 Å². The molecular formula is C20H30N2O3. The van der Waals surface area contributed by atoms with Gasteiger partial charge in [0.1, 0.15) is 0 Å². The first kappa shape index (κ1) is 18.2. The molecule has 1 spiro atoms. The fourth-order valence-electron chi connectivity index (χ4n) is 4.36. The summed E-state index contributed by atoms with van der Waals surface area (Å²) in [4.78, 5) is 14.5. The van der Waals surface area contributed by atoms with Crippen molar-refractivity contribution in [2.45, 2.75) is 52.2 Å². The molecule has 25 heavy (non-hydrogen) atoms. The standard InChI is InChI=1S/C20H30N2O3/c1-4-25-17-12-16(23)20(17)8-10-22(11-9-20)18(24)13-21-19-14(2)6-5-7-15(19)3/h5-7,16-17,21,23H,4,8-13H2,1-3H3/t16-,17+/m0/s1. The van der Waals surface area contributed by atoms with E-state index >= 15 is 0 Å². The van der Waals surface area contributed by atoms with Gasteiger partial charge >= 0.3 is 0 Å². The summed E-state index contributed by atoms with van der Waals surface area (Å²) in [5.74, 6) is 0.124. The molecule has 0 unspecified atom stereocenters. The second kappa shape index (κ2) is 7.34. The normalized spacial score (nSPS) is 24.9. The first-order valence-electron chi connectivity index (χ1n) is 9.35. The highest BCUT2D eigenvalue weighted by Crippen LogP contribution is 2.50. The molecule has 1 aliphatic heterocycles. The van der Waals surface area contributed by atoms with Gasteiger partial charge in [0, 0.05) is 37.2 Å². The second-order valence-electron chi connectivity index (χ2n) is 7.43. The Morgan fingerprint density at radius 3 is 2.52 bits per heavy atom. The van der Waals surface area contributed by atoms with Gasteiger partial charge in [0.15, 0.2) is 0 Å². The molecule has 1 amide bonds. The lowest BCUT2D eigenvalue weighted by Crippen LogP contribution is -2.63. The second-order valence-corrected chi connectivity index (χ2v) is 7.43. The van der Waals surface area contributed by atoms with Gasteiger partial charge in [-0.2, -0.15) is 0 Å². The van der Waals surface area contributed by atoms with E-state index in [1.165, 1.54) is 0 Å². The Morgan fingerprint density at radius 1 is 1.32 bits per heavy atom. The zero-order valence-corrected chi connectivity index (χ0v) is 15.5. The number of piperidine rings is 1. The SMILES string of the molecule is CCO[C@@H]1C[C@H](O)C12CCN(C(=O)CNc1c(C)cccc1C)CC2. The summed E-state index contributed by atoms with van der Waals surface area (Å²) in [6.07, 6.45) is 2.25. The van der Waals surface area contributed by atoms with Gasteiger partial charge in [-0.3, -0.25) is 4.79 Å². The van der Waals surface area contributed by atoms with Gasteiger partial charge in [-0.1, -0.05) is 18.2 Å². The molecule has 5 nitrogen and oxygen atoms in total. The molecule has 1 saturated heterocycles. The zero-order chi connectivity index (χ0) is 18.0. The fourth-order valence-corrected chi connectivity index (χ4v) is 4.36. The fraction of sp³-hybridized carbons (Fsp3) is 0.650. The lowest BCUT2D eigenvalue weighted by atomic mass is 9.58. The Morgan fingerprint density at radius 2 is 1.96 bits per heavy atom. The minimum Gasteiger partial charge on any atom is -0.392 e. The number of likely N-dealkylation sites (tertiary alicyclic amines) is 1. The Kier molecular flexibility index (Phi) is 5.35. The van der Waals surface area contributed by atoms with E-state index in [0.717, 1.165) is 36.1 Å². The number of nitrogens with one attached hydrogen (secondary N) is 1. The van der Waals surface area contributed by atoms with Crippen molar-refractivity contribution in [3.05, 3.63) is 29.3 Å². The monoisotopic (exact) mass is 346 g/mol. The van der Waals surface area contributed by atoms with Gasteiger partial charge in [0.2, 0.25) is 5.91 Å². The molecule has 2 aliphatic rings. The van der Waals surface area contributed by atoms with Crippen LogP contribution in [-0.2, 0) is 9.53 Å². The van der Waals surface area contributed by atoms with Crippen LogP contribution in [0, 0.1) is 19.3 Å². The summed E-state index contributed by atoms with van der Waals surface area (Å²) < 4.78 is 5.79. The average Bonchev–Trinajstić information content (AvgIpc) is 2.61. The van der Waals surface area contributed by atoms with Crippen molar-refractivity contribution >= 4 is 11.6 Å². The lowest BCUT2D eigenvalue weighted by molar-refractivity contribution is -0.209. The van der Waals surface area contributed by atoms with E-state index in [4.69, 9.17) is 4.74 Å². The summed E-state index contributed by atoms with van der Waals surface area (Å²) in [6, 6.07) is 6.13. The van der Waals surface area contributed by atoms with Gasteiger partial charge in [-0.15, -0.1) is 0 Å². The maximum atomic E-state index is 12.6. The third-order valence-electron chi connectivity index (χ3n) is 6.05. The number of carbonyl (C=O) groups excluding carboxylic acids is 1. The van der Waals surface area contributed by atoms with Crippen LogP contribution in [0.3, 0.4) is 0 Å². The van der Waals surface area contributed by atoms with Crippen LogP contribution in [0.2, 0.25) is 0 Å². The number of amides is 1. The Labute approximate surface area is 150 Å². The van der Waals surface area contributed by atoms with Gasteiger partial charge in [0.05, 0.1) is 18.8 Å². The van der Waals surface area contributed by atoms with Crippen LogP contribution in [0.15, 0.2) is 18.2 Å². The average molecular weight is 346 g/mol. The molecule has 1 heterocycles. The molecule has 2 fully saturated rings. The van der Waals surface area contributed by atoms with Gasteiger partial charge in [-0.25, -0.2) is 0 Å². The number of hydrogen-bond acceptors (Lipinski definition) is 4. The number of para-hydroxylation sites is 1. The van der Waals surface area contributed by atoms with Crippen molar-refractivity contribution < 1.29 is 14.6 Å². The van der Waals surface area contributed by atoms with Crippen LogP contribution >= 0.6 is 0 Å². The number of rotatable bonds is 5.